The summed E-state index contributed by atoms with van der Waals surface area (Å²) in [4.78, 5) is 22.3. The first-order valence-electron chi connectivity index (χ1n) is 4.60. The molecule has 0 heterocycles. The first-order chi connectivity index (χ1) is 6.49. The van der Waals surface area contributed by atoms with Crippen molar-refractivity contribution in [3.63, 3.8) is 0 Å². The summed E-state index contributed by atoms with van der Waals surface area (Å²) in [5.41, 5.74) is 2.74. The quantitative estimate of drug-likeness (QED) is 0.542. The molecule has 0 saturated heterocycles. The van der Waals surface area contributed by atoms with Crippen molar-refractivity contribution >= 4 is 11.6 Å². The van der Waals surface area contributed by atoms with Crippen LogP contribution in [-0.2, 0) is 4.79 Å². The van der Waals surface area contributed by atoms with Crippen LogP contribution in [0.3, 0.4) is 0 Å². The summed E-state index contributed by atoms with van der Waals surface area (Å²) in [5.74, 6) is -0.182. The molecule has 0 unspecified atom stereocenters. The fourth-order valence-corrected chi connectivity index (χ4v) is 1.46. The van der Waals surface area contributed by atoms with Crippen molar-refractivity contribution in [1.29, 1.82) is 0 Å². The number of rotatable bonds is 3. The highest BCUT2D eigenvalue weighted by Gasteiger charge is 2.08. The zero-order valence-corrected chi connectivity index (χ0v) is 8.76. The van der Waals surface area contributed by atoms with Crippen molar-refractivity contribution in [2.75, 3.05) is 0 Å². The number of benzene rings is 1. The van der Waals surface area contributed by atoms with Crippen molar-refractivity contribution in [3.8, 4) is 0 Å². The maximum absolute atomic E-state index is 11.5. The lowest BCUT2D eigenvalue weighted by Crippen LogP contribution is -2.05. The van der Waals surface area contributed by atoms with E-state index in [1.165, 1.54) is 6.92 Å². The summed E-state index contributed by atoms with van der Waals surface area (Å²) in [6.07, 6.45) is 0.00287. The number of hydrogen-bond acceptors (Lipinski definition) is 2. The lowest BCUT2D eigenvalue weighted by Gasteiger charge is -2.02. The highest BCUT2D eigenvalue weighted by molar-refractivity contribution is 6.07. The molecule has 0 fully saturated rings. The van der Waals surface area contributed by atoms with Crippen LogP contribution in [0.4, 0.5) is 0 Å². The van der Waals surface area contributed by atoms with E-state index in [2.05, 4.69) is 0 Å². The molecule has 0 atom stereocenters. The van der Waals surface area contributed by atoms with Gasteiger partial charge in [0.15, 0.2) is 5.78 Å². The lowest BCUT2D eigenvalue weighted by molar-refractivity contribution is -0.116. The second-order valence-corrected chi connectivity index (χ2v) is 3.68. The van der Waals surface area contributed by atoms with Gasteiger partial charge in [0.2, 0.25) is 0 Å². The molecule has 14 heavy (non-hydrogen) atoms. The van der Waals surface area contributed by atoms with E-state index in [0.29, 0.717) is 5.56 Å². The van der Waals surface area contributed by atoms with Crippen LogP contribution in [0.2, 0.25) is 0 Å². The summed E-state index contributed by atoms with van der Waals surface area (Å²) in [6, 6.07) is 5.64. The zero-order chi connectivity index (χ0) is 10.7. The Kier molecular flexibility index (Phi) is 3.18. The van der Waals surface area contributed by atoms with E-state index in [9.17, 15) is 9.59 Å². The molecular weight excluding hydrogens is 176 g/mol. The molecule has 0 aliphatic rings. The van der Waals surface area contributed by atoms with Crippen LogP contribution in [0, 0.1) is 13.8 Å². The molecule has 0 aliphatic heterocycles. The minimum Gasteiger partial charge on any atom is -0.300 e. The average Bonchev–Trinajstić information content (AvgIpc) is 2.00. The van der Waals surface area contributed by atoms with Crippen molar-refractivity contribution in [1.82, 2.24) is 0 Å². The normalized spacial score (nSPS) is 9.93. The first kappa shape index (κ1) is 10.6. The summed E-state index contributed by atoms with van der Waals surface area (Å²) in [5, 5.41) is 0. The summed E-state index contributed by atoms with van der Waals surface area (Å²) in [6.45, 7) is 5.32. The van der Waals surface area contributed by atoms with Crippen LogP contribution < -0.4 is 0 Å². The third kappa shape index (κ3) is 2.80. The number of aryl methyl sites for hydroxylation is 2. The van der Waals surface area contributed by atoms with E-state index in [-0.39, 0.29) is 18.0 Å². The van der Waals surface area contributed by atoms with Gasteiger partial charge in [0, 0.05) is 5.56 Å². The van der Waals surface area contributed by atoms with E-state index in [1.54, 1.807) is 0 Å². The predicted molar refractivity (Wildman–Crippen MR) is 55.5 cm³/mol. The molecule has 0 amide bonds. The van der Waals surface area contributed by atoms with Crippen LogP contribution in [0.15, 0.2) is 18.2 Å². The van der Waals surface area contributed by atoms with Gasteiger partial charge in [-0.1, -0.05) is 17.2 Å². The van der Waals surface area contributed by atoms with E-state index < -0.39 is 0 Å². The summed E-state index contributed by atoms with van der Waals surface area (Å²) in [7, 11) is 0. The number of carbonyl (C=O) groups is 2. The minimum absolute atomic E-state index is 0.00287. The Bertz CT molecular complexity index is 358. The minimum atomic E-state index is -0.0932. The molecule has 0 N–H and O–H groups in total. The van der Waals surface area contributed by atoms with Crippen LogP contribution in [0.5, 0.6) is 0 Å². The second-order valence-electron chi connectivity index (χ2n) is 3.68. The Morgan fingerprint density at radius 3 is 2.00 bits per heavy atom. The van der Waals surface area contributed by atoms with Gasteiger partial charge in [-0.05, 0) is 32.9 Å². The highest BCUT2D eigenvalue weighted by Crippen LogP contribution is 2.10. The Labute approximate surface area is 83.9 Å². The average molecular weight is 190 g/mol. The number of ketones is 2. The zero-order valence-electron chi connectivity index (χ0n) is 8.76. The van der Waals surface area contributed by atoms with Gasteiger partial charge in [0.1, 0.15) is 5.78 Å². The third-order valence-electron chi connectivity index (χ3n) is 1.95. The molecule has 74 valence electrons. The highest BCUT2D eigenvalue weighted by atomic mass is 16.1. The van der Waals surface area contributed by atoms with Crippen LogP contribution in [-0.4, -0.2) is 11.6 Å². The third-order valence-corrected chi connectivity index (χ3v) is 1.95. The molecule has 0 bridgehead atoms. The maximum atomic E-state index is 11.5. The van der Waals surface area contributed by atoms with Crippen molar-refractivity contribution in [3.05, 3.63) is 34.9 Å². The summed E-state index contributed by atoms with van der Waals surface area (Å²) >= 11 is 0. The molecule has 0 spiro atoms. The largest absolute Gasteiger partial charge is 0.300 e. The second kappa shape index (κ2) is 4.18. The molecule has 1 rings (SSSR count). The fourth-order valence-electron chi connectivity index (χ4n) is 1.46. The van der Waals surface area contributed by atoms with Crippen molar-refractivity contribution in [2.45, 2.75) is 27.2 Å². The van der Waals surface area contributed by atoms with E-state index in [0.717, 1.165) is 11.1 Å². The van der Waals surface area contributed by atoms with Crippen LogP contribution in [0.1, 0.15) is 34.8 Å². The molecule has 0 saturated carbocycles. The molecule has 1 aromatic rings. The fraction of sp³-hybridized carbons (Fsp3) is 0.333. The van der Waals surface area contributed by atoms with Gasteiger partial charge in [0.05, 0.1) is 6.42 Å². The van der Waals surface area contributed by atoms with Crippen LogP contribution >= 0.6 is 0 Å². The topological polar surface area (TPSA) is 34.1 Å². The molecule has 0 aliphatic carbocycles. The Balaban J connectivity index is 2.95. The van der Waals surface area contributed by atoms with Gasteiger partial charge >= 0.3 is 0 Å². The SMILES string of the molecule is CC(=O)CC(=O)c1cc(C)cc(C)c1. The molecule has 2 heteroatoms. The van der Waals surface area contributed by atoms with Gasteiger partial charge in [0.25, 0.3) is 0 Å². The van der Waals surface area contributed by atoms with Gasteiger partial charge in [-0.3, -0.25) is 9.59 Å². The van der Waals surface area contributed by atoms with E-state index in [1.807, 2.05) is 32.0 Å². The maximum Gasteiger partial charge on any atom is 0.170 e. The van der Waals surface area contributed by atoms with E-state index in [4.69, 9.17) is 0 Å². The summed E-state index contributed by atoms with van der Waals surface area (Å²) < 4.78 is 0. The monoisotopic (exact) mass is 190 g/mol. The first-order valence-corrected chi connectivity index (χ1v) is 4.60. The lowest BCUT2D eigenvalue weighted by atomic mass is 10.0. The van der Waals surface area contributed by atoms with Crippen LogP contribution in [0.25, 0.3) is 0 Å². The van der Waals surface area contributed by atoms with Crippen molar-refractivity contribution < 1.29 is 9.59 Å². The molecule has 1 aromatic carbocycles. The smallest absolute Gasteiger partial charge is 0.170 e. The number of carbonyl (C=O) groups excluding carboxylic acids is 2. The standard InChI is InChI=1S/C12H14O2/c1-8-4-9(2)6-11(5-8)12(14)7-10(3)13/h4-6H,7H2,1-3H3. The number of hydrogen-bond donors (Lipinski definition) is 0. The van der Waals surface area contributed by atoms with Gasteiger partial charge in [-0.2, -0.15) is 0 Å². The molecule has 2 nitrogen and oxygen atoms in total. The van der Waals surface area contributed by atoms with Crippen molar-refractivity contribution in [2.24, 2.45) is 0 Å². The Hall–Kier alpha value is -1.44. The Morgan fingerprint density at radius 2 is 1.57 bits per heavy atom. The number of Topliss-reactive ketones (excluding diaryl/α,β-unsaturated/α-hetero) is 2. The predicted octanol–water partition coefficient (Wildman–Crippen LogP) is 2.47. The van der Waals surface area contributed by atoms with Gasteiger partial charge in [-0.25, -0.2) is 0 Å². The molecule has 0 radical (unpaired) electrons. The molecule has 0 aromatic heterocycles. The Morgan fingerprint density at radius 1 is 1.07 bits per heavy atom. The van der Waals surface area contributed by atoms with E-state index >= 15 is 0 Å². The van der Waals surface area contributed by atoms with Gasteiger partial charge in [-0.15, -0.1) is 0 Å². The molecular formula is C12H14O2. The van der Waals surface area contributed by atoms with Gasteiger partial charge < -0.3 is 0 Å².